The number of aromatic nitrogens is 2. The van der Waals surface area contributed by atoms with Crippen LogP contribution in [0.25, 0.3) is 11.0 Å². The van der Waals surface area contributed by atoms with Gasteiger partial charge in [0.15, 0.2) is 5.78 Å². The number of fused-ring (bicyclic) bond motifs is 1. The van der Waals surface area contributed by atoms with E-state index >= 15 is 0 Å². The quantitative estimate of drug-likeness (QED) is 0.390. The van der Waals surface area contributed by atoms with E-state index in [4.69, 9.17) is 0 Å². The summed E-state index contributed by atoms with van der Waals surface area (Å²) in [6.45, 7) is 5.64. The molecule has 2 aromatic heterocycles. The summed E-state index contributed by atoms with van der Waals surface area (Å²) in [5.41, 5.74) is 3.83. The fraction of sp³-hybridized carbons (Fsp3) is 0.154. The molecule has 6 nitrogen and oxygen atoms in total. The second-order valence-electron chi connectivity index (χ2n) is 7.96. The number of amides is 1. The predicted octanol–water partition coefficient (Wildman–Crippen LogP) is 4.95. The summed E-state index contributed by atoms with van der Waals surface area (Å²) in [5, 5.41) is 3.22. The van der Waals surface area contributed by atoms with Crippen LogP contribution in [-0.2, 0) is 11.3 Å². The van der Waals surface area contributed by atoms with Crippen molar-refractivity contribution in [1.29, 1.82) is 0 Å². The molecule has 0 radical (unpaired) electrons. The van der Waals surface area contributed by atoms with Crippen molar-refractivity contribution in [3.05, 3.63) is 103 Å². The van der Waals surface area contributed by atoms with Crippen LogP contribution in [0.3, 0.4) is 0 Å². The molecule has 7 heteroatoms. The zero-order valence-corrected chi connectivity index (χ0v) is 20.1. The highest BCUT2D eigenvalue weighted by Crippen LogP contribution is 2.19. The highest BCUT2D eigenvalue weighted by molar-refractivity contribution is 9.10. The summed E-state index contributed by atoms with van der Waals surface area (Å²) in [6.07, 6.45) is 1.43. The molecular formula is C26H22BrN3O3. The molecule has 4 rings (SSSR count). The second kappa shape index (κ2) is 9.11. The molecule has 0 aliphatic carbocycles. The number of nitrogens with one attached hydrogen (secondary N) is 1. The van der Waals surface area contributed by atoms with E-state index in [1.54, 1.807) is 41.0 Å². The van der Waals surface area contributed by atoms with E-state index < -0.39 is 11.2 Å². The topological polar surface area (TPSA) is 81.1 Å². The number of carbonyl (C=O) groups excluding carboxylic acids is 2. The molecule has 0 aliphatic heterocycles. The third-order valence-corrected chi connectivity index (χ3v) is 6.13. The summed E-state index contributed by atoms with van der Waals surface area (Å²) in [6, 6.07) is 15.9. The maximum atomic E-state index is 13.2. The summed E-state index contributed by atoms with van der Waals surface area (Å²) in [5.74, 6) is -0.683. The molecule has 1 N–H and O–H groups in total. The van der Waals surface area contributed by atoms with Crippen LogP contribution in [0.4, 0.5) is 5.69 Å². The summed E-state index contributed by atoms with van der Waals surface area (Å²) in [4.78, 5) is 43.7. The van der Waals surface area contributed by atoms with Crippen LogP contribution in [-0.4, -0.2) is 21.2 Å². The fourth-order valence-corrected chi connectivity index (χ4v) is 3.89. The zero-order chi connectivity index (χ0) is 23.7. The molecule has 4 aromatic rings. The SMILES string of the molecule is Cc1ccc2c(=O)c(C(=O)c3ccc(Br)cc3)cn(CC(=O)Nc3cccc(C)c3C)c2n1. The maximum Gasteiger partial charge on any atom is 0.244 e. The first-order chi connectivity index (χ1) is 15.7. The average molecular weight is 504 g/mol. The predicted molar refractivity (Wildman–Crippen MR) is 133 cm³/mol. The van der Waals surface area contributed by atoms with Gasteiger partial charge in [0.2, 0.25) is 11.3 Å². The van der Waals surface area contributed by atoms with Gasteiger partial charge in [-0.15, -0.1) is 0 Å². The van der Waals surface area contributed by atoms with Crippen molar-refractivity contribution in [3.63, 3.8) is 0 Å². The highest BCUT2D eigenvalue weighted by Gasteiger charge is 2.19. The Labute approximate surface area is 199 Å². The van der Waals surface area contributed by atoms with Gasteiger partial charge in [0.1, 0.15) is 12.2 Å². The van der Waals surface area contributed by atoms with Crippen molar-refractivity contribution in [2.45, 2.75) is 27.3 Å². The van der Waals surface area contributed by atoms with Crippen molar-refractivity contribution in [2.24, 2.45) is 0 Å². The van der Waals surface area contributed by atoms with Crippen molar-refractivity contribution in [1.82, 2.24) is 9.55 Å². The molecule has 166 valence electrons. The molecule has 0 atom stereocenters. The average Bonchev–Trinajstić information content (AvgIpc) is 2.79. The summed E-state index contributed by atoms with van der Waals surface area (Å²) in [7, 11) is 0. The molecule has 0 spiro atoms. The fourth-order valence-electron chi connectivity index (χ4n) is 3.63. The molecule has 0 fully saturated rings. The number of ketones is 1. The van der Waals surface area contributed by atoms with Gasteiger partial charge in [-0.25, -0.2) is 4.98 Å². The van der Waals surface area contributed by atoms with E-state index in [1.807, 2.05) is 39.0 Å². The molecule has 2 aromatic carbocycles. The van der Waals surface area contributed by atoms with Crippen LogP contribution in [0.2, 0.25) is 0 Å². The van der Waals surface area contributed by atoms with Crippen LogP contribution in [0.5, 0.6) is 0 Å². The van der Waals surface area contributed by atoms with Crippen LogP contribution < -0.4 is 10.7 Å². The van der Waals surface area contributed by atoms with Crippen molar-refractivity contribution < 1.29 is 9.59 Å². The van der Waals surface area contributed by atoms with Crippen molar-refractivity contribution >= 4 is 44.3 Å². The third-order valence-electron chi connectivity index (χ3n) is 5.60. The van der Waals surface area contributed by atoms with E-state index in [0.29, 0.717) is 22.3 Å². The Morgan fingerprint density at radius 2 is 1.73 bits per heavy atom. The minimum Gasteiger partial charge on any atom is -0.324 e. The van der Waals surface area contributed by atoms with E-state index in [9.17, 15) is 14.4 Å². The first-order valence-corrected chi connectivity index (χ1v) is 11.2. The number of hydrogen-bond acceptors (Lipinski definition) is 4. The number of benzene rings is 2. The largest absolute Gasteiger partial charge is 0.324 e. The number of anilines is 1. The molecule has 0 aliphatic rings. The monoisotopic (exact) mass is 503 g/mol. The third kappa shape index (κ3) is 4.64. The number of carbonyl (C=O) groups is 2. The Kier molecular flexibility index (Phi) is 6.24. The first-order valence-electron chi connectivity index (χ1n) is 10.4. The molecule has 0 bridgehead atoms. The molecule has 1 amide bonds. The number of nitrogens with zero attached hydrogens (tertiary/aromatic N) is 2. The summed E-state index contributed by atoms with van der Waals surface area (Å²) < 4.78 is 2.40. The van der Waals surface area contributed by atoms with Crippen molar-refractivity contribution in [2.75, 3.05) is 5.32 Å². The molecule has 0 saturated heterocycles. The van der Waals surface area contributed by atoms with E-state index in [1.165, 1.54) is 6.20 Å². The van der Waals surface area contributed by atoms with Gasteiger partial charge < -0.3 is 9.88 Å². The maximum absolute atomic E-state index is 13.2. The van der Waals surface area contributed by atoms with E-state index in [2.05, 4.69) is 26.2 Å². The van der Waals surface area contributed by atoms with Crippen LogP contribution in [0, 0.1) is 20.8 Å². The van der Waals surface area contributed by atoms with Crippen LogP contribution in [0.1, 0.15) is 32.7 Å². The minimum atomic E-state index is -0.406. The summed E-state index contributed by atoms with van der Waals surface area (Å²) >= 11 is 3.35. The van der Waals surface area contributed by atoms with Gasteiger partial charge in [-0.3, -0.25) is 14.4 Å². The van der Waals surface area contributed by atoms with Gasteiger partial charge in [0.25, 0.3) is 0 Å². The zero-order valence-electron chi connectivity index (χ0n) is 18.5. The Morgan fingerprint density at radius 3 is 2.45 bits per heavy atom. The molecular weight excluding hydrogens is 482 g/mol. The number of hydrogen-bond donors (Lipinski definition) is 1. The highest BCUT2D eigenvalue weighted by atomic mass is 79.9. The normalized spacial score (nSPS) is 10.9. The van der Waals surface area contributed by atoms with Gasteiger partial charge in [0.05, 0.1) is 10.9 Å². The number of pyridine rings is 2. The van der Waals surface area contributed by atoms with Gasteiger partial charge in [0, 0.05) is 27.6 Å². The van der Waals surface area contributed by atoms with Crippen molar-refractivity contribution in [3.8, 4) is 0 Å². The number of rotatable bonds is 5. The Balaban J connectivity index is 1.77. The molecule has 0 unspecified atom stereocenters. The molecule has 33 heavy (non-hydrogen) atoms. The lowest BCUT2D eigenvalue weighted by atomic mass is 10.0. The first kappa shape index (κ1) is 22.6. The standard InChI is InChI=1S/C26H22BrN3O3/c1-15-5-4-6-22(17(15)3)29-23(31)14-30-13-21(24(32)18-8-10-19(27)11-9-18)25(33)20-12-7-16(2)28-26(20)30/h4-13H,14H2,1-3H3,(H,29,31). The Hall–Kier alpha value is -3.58. The van der Waals surface area contributed by atoms with Gasteiger partial charge >= 0.3 is 0 Å². The smallest absolute Gasteiger partial charge is 0.244 e. The lowest BCUT2D eigenvalue weighted by Crippen LogP contribution is -2.25. The van der Waals surface area contributed by atoms with Crippen LogP contribution >= 0.6 is 15.9 Å². The molecule has 0 saturated carbocycles. The van der Waals surface area contributed by atoms with Crippen LogP contribution in [0.15, 0.2) is 70.1 Å². The van der Waals surface area contributed by atoms with E-state index in [0.717, 1.165) is 21.3 Å². The molecule has 2 heterocycles. The lowest BCUT2D eigenvalue weighted by Gasteiger charge is -2.14. The Bertz CT molecular complexity index is 1460. The van der Waals surface area contributed by atoms with Gasteiger partial charge in [-0.1, -0.05) is 28.1 Å². The van der Waals surface area contributed by atoms with Gasteiger partial charge in [-0.2, -0.15) is 0 Å². The van der Waals surface area contributed by atoms with E-state index in [-0.39, 0.29) is 18.0 Å². The Morgan fingerprint density at radius 1 is 1.00 bits per heavy atom. The number of halogens is 1. The van der Waals surface area contributed by atoms with Gasteiger partial charge in [-0.05, 0) is 74.4 Å². The lowest BCUT2D eigenvalue weighted by molar-refractivity contribution is -0.116. The minimum absolute atomic E-state index is 0.00462. The second-order valence-corrected chi connectivity index (χ2v) is 8.87. The number of aryl methyl sites for hydroxylation is 2.